The van der Waals surface area contributed by atoms with Crippen molar-refractivity contribution < 1.29 is 14.7 Å². The Bertz CT molecular complexity index is 745. The number of aryl methyl sites for hydroxylation is 1. The molecule has 2 aromatic rings. The summed E-state index contributed by atoms with van der Waals surface area (Å²) in [4.78, 5) is 25.2. The second-order valence-electron chi connectivity index (χ2n) is 5.51. The third kappa shape index (κ3) is 3.94. The maximum atomic E-state index is 12.7. The standard InChI is InChI=1S/C17H16ClNO3S2/c18-11-3-1-10(2-4-11)13(9-15(20)21)19-17(22)16-12-5-7-23-14(12)6-8-24-16/h1-5,7,13,16H,6,8-9H2,(H,19,22)(H,20,21)/t13-,16?/m0/s1. The van der Waals surface area contributed by atoms with E-state index in [0.717, 1.165) is 23.3 Å². The molecule has 126 valence electrons. The predicted molar refractivity (Wildman–Crippen MR) is 97.8 cm³/mol. The van der Waals surface area contributed by atoms with Crippen LogP contribution in [-0.2, 0) is 16.0 Å². The summed E-state index contributed by atoms with van der Waals surface area (Å²) in [6.07, 6.45) is 0.818. The predicted octanol–water partition coefficient (Wildman–Crippen LogP) is 4.06. The summed E-state index contributed by atoms with van der Waals surface area (Å²) >= 11 is 9.16. The number of nitrogens with one attached hydrogen (secondary N) is 1. The summed E-state index contributed by atoms with van der Waals surface area (Å²) in [6.45, 7) is 0. The Labute approximate surface area is 153 Å². The summed E-state index contributed by atoms with van der Waals surface area (Å²) in [7, 11) is 0. The first-order valence-corrected chi connectivity index (χ1v) is 9.80. The Hall–Kier alpha value is -1.50. The smallest absolute Gasteiger partial charge is 0.305 e. The van der Waals surface area contributed by atoms with Gasteiger partial charge in [-0.3, -0.25) is 9.59 Å². The highest BCUT2D eigenvalue weighted by atomic mass is 35.5. The number of thioether (sulfide) groups is 1. The molecule has 1 amide bonds. The van der Waals surface area contributed by atoms with E-state index >= 15 is 0 Å². The topological polar surface area (TPSA) is 66.4 Å². The van der Waals surface area contributed by atoms with E-state index in [1.165, 1.54) is 4.88 Å². The molecule has 7 heteroatoms. The van der Waals surface area contributed by atoms with Crippen molar-refractivity contribution in [2.45, 2.75) is 24.1 Å². The number of carbonyl (C=O) groups is 2. The van der Waals surface area contributed by atoms with E-state index in [0.29, 0.717) is 5.02 Å². The molecule has 1 aromatic heterocycles. The molecule has 1 aliphatic heterocycles. The number of benzene rings is 1. The Morgan fingerprint density at radius 1 is 1.29 bits per heavy atom. The Morgan fingerprint density at radius 3 is 2.75 bits per heavy atom. The summed E-state index contributed by atoms with van der Waals surface area (Å²) in [5.41, 5.74) is 1.79. The molecule has 0 spiro atoms. The third-order valence-electron chi connectivity index (χ3n) is 3.88. The van der Waals surface area contributed by atoms with E-state index in [1.54, 1.807) is 47.4 Å². The van der Waals surface area contributed by atoms with Gasteiger partial charge in [0.1, 0.15) is 5.25 Å². The number of amides is 1. The fraction of sp³-hybridized carbons (Fsp3) is 0.294. The second-order valence-corrected chi connectivity index (χ2v) is 8.16. The van der Waals surface area contributed by atoms with Crippen LogP contribution in [0.5, 0.6) is 0 Å². The molecule has 1 unspecified atom stereocenters. The zero-order valence-corrected chi connectivity index (χ0v) is 15.1. The van der Waals surface area contributed by atoms with Gasteiger partial charge in [0.25, 0.3) is 0 Å². The first-order valence-electron chi connectivity index (χ1n) is 7.50. The average molecular weight is 382 g/mol. The van der Waals surface area contributed by atoms with Gasteiger partial charge >= 0.3 is 5.97 Å². The van der Waals surface area contributed by atoms with Crippen LogP contribution in [0.25, 0.3) is 0 Å². The zero-order valence-electron chi connectivity index (χ0n) is 12.7. The minimum Gasteiger partial charge on any atom is -0.481 e. The molecule has 24 heavy (non-hydrogen) atoms. The summed E-state index contributed by atoms with van der Waals surface area (Å²) < 4.78 is 0. The number of hydrogen-bond acceptors (Lipinski definition) is 4. The summed E-state index contributed by atoms with van der Waals surface area (Å²) in [5.74, 6) is -0.195. The van der Waals surface area contributed by atoms with Crippen LogP contribution in [0, 0.1) is 0 Å². The molecule has 0 saturated carbocycles. The molecule has 0 fully saturated rings. The first kappa shape index (κ1) is 17.3. The Balaban J connectivity index is 1.79. The van der Waals surface area contributed by atoms with Crippen LogP contribution in [-0.4, -0.2) is 22.7 Å². The van der Waals surface area contributed by atoms with E-state index in [1.807, 2.05) is 11.4 Å². The highest BCUT2D eigenvalue weighted by molar-refractivity contribution is 8.00. The normalized spacial score (nSPS) is 17.8. The Morgan fingerprint density at radius 2 is 2.04 bits per heavy atom. The maximum absolute atomic E-state index is 12.7. The number of carboxylic acids is 1. The largest absolute Gasteiger partial charge is 0.481 e. The van der Waals surface area contributed by atoms with Crippen LogP contribution in [0.15, 0.2) is 35.7 Å². The van der Waals surface area contributed by atoms with Gasteiger partial charge in [0.05, 0.1) is 12.5 Å². The summed E-state index contributed by atoms with van der Waals surface area (Å²) in [6, 6.07) is 8.32. The van der Waals surface area contributed by atoms with Gasteiger partial charge in [-0.15, -0.1) is 23.1 Å². The number of aliphatic carboxylic acids is 1. The molecule has 2 N–H and O–H groups in total. The fourth-order valence-corrected chi connectivity index (χ4v) is 5.16. The highest BCUT2D eigenvalue weighted by Crippen LogP contribution is 2.39. The van der Waals surface area contributed by atoms with Crippen molar-refractivity contribution in [2.75, 3.05) is 5.75 Å². The van der Waals surface area contributed by atoms with E-state index in [2.05, 4.69) is 5.32 Å². The second kappa shape index (κ2) is 7.59. The maximum Gasteiger partial charge on any atom is 0.305 e. The lowest BCUT2D eigenvalue weighted by atomic mass is 10.0. The van der Waals surface area contributed by atoms with Crippen LogP contribution >= 0.6 is 34.7 Å². The number of halogens is 1. The van der Waals surface area contributed by atoms with Gasteiger partial charge in [-0.2, -0.15) is 0 Å². The lowest BCUT2D eigenvalue weighted by Crippen LogP contribution is -2.34. The molecule has 2 heterocycles. The number of thiophene rings is 1. The van der Waals surface area contributed by atoms with Crippen molar-refractivity contribution in [1.29, 1.82) is 0 Å². The van der Waals surface area contributed by atoms with Crippen molar-refractivity contribution in [1.82, 2.24) is 5.32 Å². The molecular formula is C17H16ClNO3S2. The molecule has 1 aromatic carbocycles. The molecule has 0 bridgehead atoms. The van der Waals surface area contributed by atoms with Crippen LogP contribution < -0.4 is 5.32 Å². The van der Waals surface area contributed by atoms with Crippen LogP contribution in [0.4, 0.5) is 0 Å². The quantitative estimate of drug-likeness (QED) is 0.819. The van der Waals surface area contributed by atoms with Crippen molar-refractivity contribution in [3.63, 3.8) is 0 Å². The number of fused-ring (bicyclic) bond motifs is 1. The van der Waals surface area contributed by atoms with Gasteiger partial charge in [0.2, 0.25) is 5.91 Å². The van der Waals surface area contributed by atoms with Crippen molar-refractivity contribution >= 4 is 46.6 Å². The van der Waals surface area contributed by atoms with Crippen molar-refractivity contribution in [3.8, 4) is 0 Å². The van der Waals surface area contributed by atoms with Crippen molar-refractivity contribution in [2.24, 2.45) is 0 Å². The number of rotatable bonds is 5. The number of carbonyl (C=O) groups excluding carboxylic acids is 1. The van der Waals surface area contributed by atoms with Crippen LogP contribution in [0.2, 0.25) is 5.02 Å². The fourth-order valence-electron chi connectivity index (χ4n) is 2.73. The first-order chi connectivity index (χ1) is 11.5. The van der Waals surface area contributed by atoms with E-state index in [9.17, 15) is 9.59 Å². The van der Waals surface area contributed by atoms with E-state index in [-0.39, 0.29) is 17.6 Å². The molecule has 3 rings (SSSR count). The van der Waals surface area contributed by atoms with E-state index in [4.69, 9.17) is 16.7 Å². The average Bonchev–Trinajstić information content (AvgIpc) is 3.03. The van der Waals surface area contributed by atoms with Crippen LogP contribution in [0.1, 0.15) is 33.7 Å². The van der Waals surface area contributed by atoms with Gasteiger partial charge in [-0.1, -0.05) is 23.7 Å². The van der Waals surface area contributed by atoms with Crippen molar-refractivity contribution in [3.05, 3.63) is 56.7 Å². The molecular weight excluding hydrogens is 366 g/mol. The highest BCUT2D eigenvalue weighted by Gasteiger charge is 2.30. The molecule has 2 atom stereocenters. The number of hydrogen-bond donors (Lipinski definition) is 2. The van der Waals surface area contributed by atoms with Gasteiger partial charge in [-0.05, 0) is 46.9 Å². The number of carboxylic acid groups (broad SMARTS) is 1. The molecule has 1 aliphatic rings. The molecule has 0 radical (unpaired) electrons. The Kier molecular flexibility index (Phi) is 5.48. The van der Waals surface area contributed by atoms with Gasteiger partial charge in [0.15, 0.2) is 0 Å². The third-order valence-corrected chi connectivity index (χ3v) is 6.37. The summed E-state index contributed by atoms with van der Waals surface area (Å²) in [5, 5.41) is 14.4. The SMILES string of the molecule is O=C(O)C[C@H](NC(=O)C1SCCc2sccc21)c1ccc(Cl)cc1. The van der Waals surface area contributed by atoms with Crippen LogP contribution in [0.3, 0.4) is 0 Å². The van der Waals surface area contributed by atoms with Gasteiger partial charge < -0.3 is 10.4 Å². The van der Waals surface area contributed by atoms with Gasteiger partial charge in [-0.25, -0.2) is 0 Å². The monoisotopic (exact) mass is 381 g/mol. The lowest BCUT2D eigenvalue weighted by Gasteiger charge is -2.25. The minimum atomic E-state index is -0.956. The molecule has 0 aliphatic carbocycles. The van der Waals surface area contributed by atoms with E-state index < -0.39 is 12.0 Å². The lowest BCUT2D eigenvalue weighted by molar-refractivity contribution is -0.137. The zero-order chi connectivity index (χ0) is 17.1. The minimum absolute atomic E-state index is 0.138. The molecule has 4 nitrogen and oxygen atoms in total. The van der Waals surface area contributed by atoms with Gasteiger partial charge in [0, 0.05) is 9.90 Å². The molecule has 0 saturated heterocycles.